The number of benzene rings is 1. The number of hydrogen-bond acceptors (Lipinski definition) is 4. The number of carbonyl (C=O) groups is 1. The van der Waals surface area contributed by atoms with E-state index in [9.17, 15) is 9.90 Å². The highest BCUT2D eigenvalue weighted by Gasteiger charge is 2.38. The minimum Gasteiger partial charge on any atom is -0.389 e. The lowest BCUT2D eigenvalue weighted by molar-refractivity contribution is -0.119. The third kappa shape index (κ3) is 3.79. The van der Waals surface area contributed by atoms with Crippen LogP contribution in [0.1, 0.15) is 50.8 Å². The van der Waals surface area contributed by atoms with Gasteiger partial charge in [-0.25, -0.2) is 0 Å². The number of amides is 1. The van der Waals surface area contributed by atoms with Crippen molar-refractivity contribution in [1.29, 1.82) is 0 Å². The predicted octanol–water partition coefficient (Wildman–Crippen LogP) is 2.35. The second-order valence-electron chi connectivity index (χ2n) is 7.65. The van der Waals surface area contributed by atoms with Gasteiger partial charge in [0.15, 0.2) is 0 Å². The highest BCUT2D eigenvalue weighted by atomic mass is 16.5. The van der Waals surface area contributed by atoms with Gasteiger partial charge < -0.3 is 20.5 Å². The Labute approximate surface area is 143 Å². The summed E-state index contributed by atoms with van der Waals surface area (Å²) in [6.07, 6.45) is 2.02. The Morgan fingerprint density at radius 2 is 2.17 bits per heavy atom. The van der Waals surface area contributed by atoms with Gasteiger partial charge in [-0.05, 0) is 56.7 Å². The largest absolute Gasteiger partial charge is 0.389 e. The number of rotatable bonds is 8. The van der Waals surface area contributed by atoms with Gasteiger partial charge in [-0.3, -0.25) is 4.79 Å². The lowest BCUT2D eigenvalue weighted by Crippen LogP contribution is -2.32. The van der Waals surface area contributed by atoms with Crippen LogP contribution in [0.2, 0.25) is 0 Å². The lowest BCUT2D eigenvalue weighted by atomic mass is 9.85. The van der Waals surface area contributed by atoms with Crippen molar-refractivity contribution in [1.82, 2.24) is 5.32 Å². The monoisotopic (exact) mass is 332 g/mol. The minimum absolute atomic E-state index is 0.0403. The van der Waals surface area contributed by atoms with Crippen LogP contribution in [0.3, 0.4) is 0 Å². The van der Waals surface area contributed by atoms with Crippen LogP contribution in [0.4, 0.5) is 5.69 Å². The molecule has 2 atom stereocenters. The Bertz CT molecular complexity index is 611. The Kier molecular flexibility index (Phi) is 4.95. The van der Waals surface area contributed by atoms with Crippen molar-refractivity contribution in [2.75, 3.05) is 25.1 Å². The standard InChI is InChI=1S/C19H28N2O3/c1-12(20-9-15(22)11-24-10-13-4-5-13)14-6-7-17-16(8-14)19(2,3)18(23)21-17/h6-8,12-13,15,20,22H,4-5,9-11H2,1-3H3,(H,21,23). The van der Waals surface area contributed by atoms with E-state index in [1.54, 1.807) is 0 Å². The summed E-state index contributed by atoms with van der Waals surface area (Å²) in [6.45, 7) is 7.59. The molecule has 5 nitrogen and oxygen atoms in total. The maximum atomic E-state index is 12.0. The first-order valence-corrected chi connectivity index (χ1v) is 8.83. The van der Waals surface area contributed by atoms with Gasteiger partial charge in [0.05, 0.1) is 18.1 Å². The Hall–Kier alpha value is -1.43. The van der Waals surface area contributed by atoms with Crippen molar-refractivity contribution in [3.05, 3.63) is 29.3 Å². The van der Waals surface area contributed by atoms with Crippen molar-refractivity contribution in [3.63, 3.8) is 0 Å². The third-order valence-corrected chi connectivity index (χ3v) is 5.05. The lowest BCUT2D eigenvalue weighted by Gasteiger charge is -2.20. The van der Waals surface area contributed by atoms with Gasteiger partial charge in [-0.1, -0.05) is 12.1 Å². The predicted molar refractivity (Wildman–Crippen MR) is 94.1 cm³/mol. The van der Waals surface area contributed by atoms with Gasteiger partial charge in [0.2, 0.25) is 5.91 Å². The van der Waals surface area contributed by atoms with Gasteiger partial charge in [-0.2, -0.15) is 0 Å². The smallest absolute Gasteiger partial charge is 0.234 e. The van der Waals surface area contributed by atoms with E-state index >= 15 is 0 Å². The molecule has 0 radical (unpaired) electrons. The van der Waals surface area contributed by atoms with E-state index in [0.29, 0.717) is 13.2 Å². The van der Waals surface area contributed by atoms with Gasteiger partial charge in [0, 0.05) is 24.9 Å². The van der Waals surface area contributed by atoms with E-state index in [-0.39, 0.29) is 11.9 Å². The molecule has 3 rings (SSSR count). The number of hydrogen-bond donors (Lipinski definition) is 3. The van der Waals surface area contributed by atoms with Crippen LogP contribution in [-0.2, 0) is 14.9 Å². The molecule has 0 spiro atoms. The zero-order valence-corrected chi connectivity index (χ0v) is 14.8. The molecule has 132 valence electrons. The summed E-state index contributed by atoms with van der Waals surface area (Å²) in [5.74, 6) is 0.758. The number of nitrogens with one attached hydrogen (secondary N) is 2. The average molecular weight is 332 g/mol. The average Bonchev–Trinajstić information content (AvgIpc) is 3.33. The molecule has 1 aliphatic carbocycles. The van der Waals surface area contributed by atoms with Crippen molar-refractivity contribution in [2.45, 2.75) is 51.2 Å². The fraction of sp³-hybridized carbons (Fsp3) is 0.632. The topological polar surface area (TPSA) is 70.6 Å². The molecule has 0 saturated heterocycles. The molecule has 0 aromatic heterocycles. The number of fused-ring (bicyclic) bond motifs is 1. The highest BCUT2D eigenvalue weighted by Crippen LogP contribution is 2.38. The first-order chi connectivity index (χ1) is 11.4. The van der Waals surface area contributed by atoms with Crippen molar-refractivity contribution >= 4 is 11.6 Å². The number of aliphatic hydroxyl groups is 1. The fourth-order valence-corrected chi connectivity index (χ4v) is 3.00. The molecule has 1 fully saturated rings. The summed E-state index contributed by atoms with van der Waals surface area (Å²) < 4.78 is 5.52. The van der Waals surface area contributed by atoms with Crippen molar-refractivity contribution in [2.24, 2.45) is 5.92 Å². The third-order valence-electron chi connectivity index (χ3n) is 5.05. The van der Waals surface area contributed by atoms with E-state index in [2.05, 4.69) is 23.6 Å². The van der Waals surface area contributed by atoms with Crippen LogP contribution in [0, 0.1) is 5.92 Å². The molecule has 1 amide bonds. The number of carbonyl (C=O) groups excluding carboxylic acids is 1. The second-order valence-corrected chi connectivity index (χ2v) is 7.65. The van der Waals surface area contributed by atoms with E-state index in [1.165, 1.54) is 12.8 Å². The Balaban J connectivity index is 1.52. The molecule has 2 aliphatic rings. The molecule has 1 aromatic carbocycles. The van der Waals surface area contributed by atoms with Crippen LogP contribution in [0.25, 0.3) is 0 Å². The Morgan fingerprint density at radius 3 is 2.88 bits per heavy atom. The van der Waals surface area contributed by atoms with Crippen LogP contribution in [-0.4, -0.2) is 36.9 Å². The van der Waals surface area contributed by atoms with Gasteiger partial charge >= 0.3 is 0 Å². The highest BCUT2D eigenvalue weighted by molar-refractivity contribution is 6.05. The molecule has 1 saturated carbocycles. The number of anilines is 1. The van der Waals surface area contributed by atoms with E-state index < -0.39 is 11.5 Å². The molecule has 1 heterocycles. The van der Waals surface area contributed by atoms with Crippen LogP contribution >= 0.6 is 0 Å². The minimum atomic E-state index is -0.500. The van der Waals surface area contributed by atoms with E-state index in [0.717, 1.165) is 29.3 Å². The fourth-order valence-electron chi connectivity index (χ4n) is 3.00. The molecular formula is C19H28N2O3. The Morgan fingerprint density at radius 1 is 1.42 bits per heavy atom. The molecule has 3 N–H and O–H groups in total. The molecule has 5 heteroatoms. The van der Waals surface area contributed by atoms with Gasteiger partial charge in [0.25, 0.3) is 0 Å². The molecule has 1 aromatic rings. The quantitative estimate of drug-likeness (QED) is 0.683. The summed E-state index contributed by atoms with van der Waals surface area (Å²) in [6, 6.07) is 6.17. The molecule has 2 unspecified atom stereocenters. The normalized spacial score (nSPS) is 21.2. The first kappa shape index (κ1) is 17.4. The number of aliphatic hydroxyl groups excluding tert-OH is 1. The summed E-state index contributed by atoms with van der Waals surface area (Å²) in [5, 5.41) is 16.3. The zero-order valence-electron chi connectivity index (χ0n) is 14.8. The van der Waals surface area contributed by atoms with Crippen LogP contribution in [0.15, 0.2) is 18.2 Å². The van der Waals surface area contributed by atoms with Crippen molar-refractivity contribution in [3.8, 4) is 0 Å². The number of ether oxygens (including phenoxy) is 1. The maximum absolute atomic E-state index is 12.0. The van der Waals surface area contributed by atoms with Crippen LogP contribution in [0.5, 0.6) is 0 Å². The molecule has 1 aliphatic heterocycles. The summed E-state index contributed by atoms with van der Waals surface area (Å²) >= 11 is 0. The maximum Gasteiger partial charge on any atom is 0.234 e. The SMILES string of the molecule is CC(NCC(O)COCC1CC1)c1ccc2c(c1)C(C)(C)C(=O)N2. The molecular weight excluding hydrogens is 304 g/mol. The van der Waals surface area contributed by atoms with Crippen molar-refractivity contribution < 1.29 is 14.6 Å². The summed E-state index contributed by atoms with van der Waals surface area (Å²) in [5.41, 5.74) is 2.55. The van der Waals surface area contributed by atoms with Gasteiger partial charge in [-0.15, -0.1) is 0 Å². The molecule has 24 heavy (non-hydrogen) atoms. The van der Waals surface area contributed by atoms with E-state index in [4.69, 9.17) is 4.74 Å². The van der Waals surface area contributed by atoms with E-state index in [1.807, 2.05) is 26.0 Å². The van der Waals surface area contributed by atoms with Gasteiger partial charge in [0.1, 0.15) is 0 Å². The zero-order chi connectivity index (χ0) is 17.3. The first-order valence-electron chi connectivity index (χ1n) is 8.83. The molecule has 0 bridgehead atoms. The summed E-state index contributed by atoms with van der Waals surface area (Å²) in [7, 11) is 0. The summed E-state index contributed by atoms with van der Waals surface area (Å²) in [4.78, 5) is 12.0. The van der Waals surface area contributed by atoms with Crippen LogP contribution < -0.4 is 10.6 Å². The second kappa shape index (κ2) is 6.82.